The van der Waals surface area contributed by atoms with Gasteiger partial charge in [0.2, 0.25) is 0 Å². The Morgan fingerprint density at radius 1 is 0.300 bits per heavy atom. The van der Waals surface area contributed by atoms with E-state index >= 15 is 0 Å². The van der Waals surface area contributed by atoms with Crippen molar-refractivity contribution in [3.63, 3.8) is 0 Å². The number of aromatic amines is 2. The average molecular weight is 1060 g/mol. The molecule has 0 radical (unpaired) electrons. The molecular formula is C68H66N8O4. The molecule has 0 unspecified atom stereocenters. The maximum absolute atomic E-state index is 14.2. The zero-order valence-electron chi connectivity index (χ0n) is 45.3. The number of nitrogens with one attached hydrogen (secondary N) is 2. The Hall–Kier alpha value is -8.64. The lowest BCUT2D eigenvalue weighted by Crippen LogP contribution is -2.35. The van der Waals surface area contributed by atoms with E-state index in [1.165, 1.54) is 0 Å². The first-order valence-corrected chi connectivity index (χ1v) is 29.1. The van der Waals surface area contributed by atoms with Gasteiger partial charge in [-0.3, -0.25) is 19.2 Å². The third-order valence-electron chi connectivity index (χ3n) is 16.9. The zero-order chi connectivity index (χ0) is 54.1. The van der Waals surface area contributed by atoms with E-state index in [4.69, 9.17) is 9.97 Å². The number of carbonyl (C=O) groups excluding carboxylic acids is 4. The predicted molar refractivity (Wildman–Crippen MR) is 320 cm³/mol. The van der Waals surface area contributed by atoms with Crippen molar-refractivity contribution in [2.24, 2.45) is 0 Å². The standard InChI is InChI=1S/C68H66N8O4/c77-65(73-33-5-1-6-34-73)49-21-13-17-45(41-49)61-53-25-27-55(69-53)62(46-18-14-22-50(42-46)66(78)74-35-7-2-8-36-74)57-29-31-59(71-57)64(48-20-16-24-52(44-48)68(80)76-39-11-4-12-40-76)60-32-30-58(72-60)63(56-28-26-54(61)70-56)47-19-15-23-51(43-47)67(79)75-37-9-3-10-38-75/h13-32,41-44,69,72H,1-12,33-40H2. The molecule has 0 spiro atoms. The Balaban J connectivity index is 1.08. The Bertz CT molecular complexity index is 3340. The third kappa shape index (κ3) is 10.1. The molecule has 4 aromatic carbocycles. The van der Waals surface area contributed by atoms with Crippen LogP contribution in [-0.2, 0) is 0 Å². The molecule has 2 N–H and O–H groups in total. The minimum absolute atomic E-state index is 0.0185. The fourth-order valence-electron chi connectivity index (χ4n) is 12.8. The number of rotatable bonds is 8. The van der Waals surface area contributed by atoms with Gasteiger partial charge in [-0.25, -0.2) is 9.97 Å². The van der Waals surface area contributed by atoms with Crippen molar-refractivity contribution in [3.05, 3.63) is 166 Å². The number of likely N-dealkylation sites (tertiary alicyclic amines) is 4. The molecule has 12 heteroatoms. The predicted octanol–water partition coefficient (Wildman–Crippen LogP) is 13.8. The highest BCUT2D eigenvalue weighted by atomic mass is 16.2. The van der Waals surface area contributed by atoms with Crippen LogP contribution in [-0.4, -0.2) is 116 Å². The summed E-state index contributed by atoms with van der Waals surface area (Å²) in [6.45, 7) is 5.91. The molecule has 9 heterocycles. The monoisotopic (exact) mass is 1060 g/mol. The Labute approximate surface area is 466 Å². The molecule has 6 aliphatic heterocycles. The summed E-state index contributed by atoms with van der Waals surface area (Å²) in [4.78, 5) is 83.6. The largest absolute Gasteiger partial charge is 0.354 e. The first-order valence-electron chi connectivity index (χ1n) is 29.1. The van der Waals surface area contributed by atoms with Crippen molar-refractivity contribution in [2.45, 2.75) is 77.0 Å². The molecular weight excluding hydrogens is 993 g/mol. The van der Waals surface area contributed by atoms with Crippen LogP contribution in [0.4, 0.5) is 0 Å². The first-order chi connectivity index (χ1) is 39.3. The number of carbonyl (C=O) groups is 4. The molecule has 80 heavy (non-hydrogen) atoms. The van der Waals surface area contributed by atoms with Crippen LogP contribution in [0.1, 0.15) is 141 Å². The number of amides is 4. The quantitative estimate of drug-likeness (QED) is 0.155. The van der Waals surface area contributed by atoms with Crippen molar-refractivity contribution in [2.75, 3.05) is 52.4 Å². The van der Waals surface area contributed by atoms with Gasteiger partial charge in [0, 0.05) is 119 Å². The van der Waals surface area contributed by atoms with Crippen molar-refractivity contribution in [1.29, 1.82) is 0 Å². The van der Waals surface area contributed by atoms with E-state index < -0.39 is 0 Å². The zero-order valence-corrected chi connectivity index (χ0v) is 45.3. The van der Waals surface area contributed by atoms with E-state index in [0.29, 0.717) is 45.0 Å². The van der Waals surface area contributed by atoms with Crippen LogP contribution in [0.3, 0.4) is 0 Å². The molecule has 4 saturated heterocycles. The number of fused-ring (bicyclic) bond motifs is 8. The Kier molecular flexibility index (Phi) is 14.1. The van der Waals surface area contributed by atoms with E-state index in [1.54, 1.807) is 0 Å². The van der Waals surface area contributed by atoms with Gasteiger partial charge < -0.3 is 29.6 Å². The third-order valence-corrected chi connectivity index (χ3v) is 16.9. The van der Waals surface area contributed by atoms with Gasteiger partial charge in [-0.2, -0.15) is 0 Å². The summed E-state index contributed by atoms with van der Waals surface area (Å²) in [7, 11) is 0. The number of aromatic nitrogens is 4. The lowest BCUT2D eigenvalue weighted by molar-refractivity contribution is 0.0717. The fourth-order valence-corrected chi connectivity index (χ4v) is 12.8. The van der Waals surface area contributed by atoms with Crippen molar-refractivity contribution >= 4 is 70.0 Å². The van der Waals surface area contributed by atoms with Gasteiger partial charge in [0.1, 0.15) is 0 Å². The summed E-state index contributed by atoms with van der Waals surface area (Å²) >= 11 is 0. The SMILES string of the molecule is O=C(c1cccc(-c2c3nc(c(-c4cccc(C(=O)N5CCCCC5)c4)c4ccc([nH]4)c(-c4cccc(C(=O)N5CCCCC5)c4)c4nc(c(-c5cccc(C(=O)N6CCCCC6)c5)c5ccc2[nH]5)C=C4)C=C3)c1)N1CCCCC1. The van der Waals surface area contributed by atoms with E-state index in [2.05, 4.69) is 34.2 Å². The molecule has 12 nitrogen and oxygen atoms in total. The summed E-state index contributed by atoms with van der Waals surface area (Å²) in [6, 6.07) is 39.9. The highest BCUT2D eigenvalue weighted by Crippen LogP contribution is 2.40. The van der Waals surface area contributed by atoms with Gasteiger partial charge in [-0.15, -0.1) is 0 Å². The second-order valence-electron chi connectivity index (χ2n) is 22.2. The highest BCUT2D eigenvalue weighted by molar-refractivity contribution is 6.04. The van der Waals surface area contributed by atoms with E-state index in [1.807, 2.05) is 141 Å². The molecule has 13 rings (SSSR count). The van der Waals surface area contributed by atoms with E-state index in [9.17, 15) is 19.2 Å². The van der Waals surface area contributed by atoms with Gasteiger partial charge in [0.25, 0.3) is 23.6 Å². The van der Waals surface area contributed by atoms with Crippen molar-refractivity contribution in [1.82, 2.24) is 39.5 Å². The molecule has 4 fully saturated rings. The summed E-state index contributed by atoms with van der Waals surface area (Å²) in [5, 5.41) is 0. The summed E-state index contributed by atoms with van der Waals surface area (Å²) in [6.07, 6.45) is 20.6. The van der Waals surface area contributed by atoms with Gasteiger partial charge in [-0.1, -0.05) is 48.5 Å². The van der Waals surface area contributed by atoms with Crippen LogP contribution >= 0.6 is 0 Å². The van der Waals surface area contributed by atoms with Gasteiger partial charge >= 0.3 is 0 Å². The minimum Gasteiger partial charge on any atom is -0.354 e. The van der Waals surface area contributed by atoms with Crippen molar-refractivity contribution in [3.8, 4) is 44.5 Å². The lowest BCUT2D eigenvalue weighted by atomic mass is 10.00. The van der Waals surface area contributed by atoms with Crippen molar-refractivity contribution < 1.29 is 19.2 Å². The highest BCUT2D eigenvalue weighted by Gasteiger charge is 2.26. The van der Waals surface area contributed by atoms with Gasteiger partial charge in [0.15, 0.2) is 0 Å². The van der Waals surface area contributed by atoms with Crippen LogP contribution in [0.5, 0.6) is 0 Å². The first kappa shape index (κ1) is 50.8. The maximum atomic E-state index is 14.2. The second kappa shape index (κ2) is 22.2. The Morgan fingerprint density at radius 3 is 0.750 bits per heavy atom. The van der Waals surface area contributed by atoms with E-state index in [-0.39, 0.29) is 23.6 Å². The number of hydrogen-bond acceptors (Lipinski definition) is 6. The smallest absolute Gasteiger partial charge is 0.253 e. The van der Waals surface area contributed by atoms with Crippen LogP contribution < -0.4 is 0 Å². The normalized spacial score (nSPS) is 16.5. The number of nitrogens with zero attached hydrogens (tertiary/aromatic N) is 6. The Morgan fingerprint density at radius 2 is 0.525 bits per heavy atom. The summed E-state index contributed by atoms with van der Waals surface area (Å²) < 4.78 is 0. The molecule has 4 amide bonds. The maximum Gasteiger partial charge on any atom is 0.253 e. The summed E-state index contributed by atoms with van der Waals surface area (Å²) in [5.74, 6) is 0.0742. The molecule has 8 bridgehead atoms. The lowest BCUT2D eigenvalue weighted by Gasteiger charge is -2.27. The van der Waals surface area contributed by atoms with Crippen LogP contribution in [0.25, 0.3) is 90.9 Å². The average Bonchev–Trinajstić information content (AvgIpc) is 4.39. The van der Waals surface area contributed by atoms with E-state index in [0.717, 1.165) is 196 Å². The number of piperidine rings is 4. The number of benzene rings is 4. The topological polar surface area (TPSA) is 139 Å². The molecule has 3 aromatic heterocycles. The second-order valence-corrected chi connectivity index (χ2v) is 22.2. The number of H-pyrrole nitrogens is 2. The van der Waals surface area contributed by atoms with Crippen LogP contribution in [0, 0.1) is 0 Å². The fraction of sp³-hybridized carbons (Fsp3) is 0.294. The molecule has 0 aliphatic carbocycles. The van der Waals surface area contributed by atoms with Gasteiger partial charge in [0.05, 0.1) is 22.8 Å². The molecule has 0 saturated carbocycles. The van der Waals surface area contributed by atoms with Crippen LogP contribution in [0.15, 0.2) is 121 Å². The molecule has 6 aliphatic rings. The number of hydrogen-bond donors (Lipinski definition) is 2. The molecule has 402 valence electrons. The van der Waals surface area contributed by atoms with Crippen LogP contribution in [0.2, 0.25) is 0 Å². The summed E-state index contributed by atoms with van der Waals surface area (Å²) in [5.41, 5.74) is 14.9. The minimum atomic E-state index is 0.0185. The molecule has 7 aromatic rings. The molecule has 0 atom stereocenters. The van der Waals surface area contributed by atoms with Gasteiger partial charge in [-0.05, 0) is 196 Å².